The average Bonchev–Trinajstić information content (AvgIpc) is 2.88. The lowest BCUT2D eigenvalue weighted by atomic mass is 9.96. The molecule has 2 amide bonds. The summed E-state index contributed by atoms with van der Waals surface area (Å²) in [5.41, 5.74) is -1.66. The van der Waals surface area contributed by atoms with E-state index in [9.17, 15) is 32.3 Å². The number of nitrogens with zero attached hydrogens (tertiary/aromatic N) is 1. The van der Waals surface area contributed by atoms with Crippen molar-refractivity contribution in [2.45, 2.75) is 25.6 Å². The van der Waals surface area contributed by atoms with E-state index in [2.05, 4.69) is 10.3 Å². The number of alkyl halides is 3. The molecule has 0 saturated carbocycles. The molecule has 1 aromatic heterocycles. The SMILES string of the molecule is COc1ccc(C(O)(CNC=O)C(F)(F)F)nc1-c1ccc(F)c(C)c1.Cc1ccc2c(c1)NC(=O)CO2. The Bertz CT molecular complexity index is 1330. The molecular formula is C26H25F4N3O5. The fraction of sp³-hybridized carbons (Fsp3) is 0.269. The van der Waals surface area contributed by atoms with Crippen LogP contribution >= 0.6 is 0 Å². The fourth-order valence-electron chi connectivity index (χ4n) is 3.56. The van der Waals surface area contributed by atoms with Crippen LogP contribution in [0, 0.1) is 19.7 Å². The summed E-state index contributed by atoms with van der Waals surface area (Å²) in [6, 6.07) is 11.8. The van der Waals surface area contributed by atoms with Gasteiger partial charge in [-0.15, -0.1) is 0 Å². The molecule has 12 heteroatoms. The largest absolute Gasteiger partial charge is 0.494 e. The lowest BCUT2D eigenvalue weighted by Gasteiger charge is -2.30. The third kappa shape index (κ3) is 6.20. The molecule has 0 bridgehead atoms. The van der Waals surface area contributed by atoms with E-state index < -0.39 is 29.8 Å². The van der Waals surface area contributed by atoms with E-state index in [0.717, 1.165) is 29.1 Å². The molecule has 1 atom stereocenters. The first kappa shape index (κ1) is 28.4. The molecule has 0 spiro atoms. The van der Waals surface area contributed by atoms with Crippen molar-refractivity contribution in [2.24, 2.45) is 0 Å². The number of fused-ring (bicyclic) bond motifs is 1. The summed E-state index contributed by atoms with van der Waals surface area (Å²) in [6.07, 6.45) is -5.05. The summed E-state index contributed by atoms with van der Waals surface area (Å²) in [5.74, 6) is 0.326. The van der Waals surface area contributed by atoms with Gasteiger partial charge in [0.05, 0.1) is 25.0 Å². The minimum Gasteiger partial charge on any atom is -0.494 e. The molecule has 1 aliphatic heterocycles. The van der Waals surface area contributed by atoms with E-state index in [1.165, 1.54) is 32.2 Å². The number of hydrogen-bond acceptors (Lipinski definition) is 6. The van der Waals surface area contributed by atoms with Crippen molar-refractivity contribution in [3.63, 3.8) is 0 Å². The Hall–Kier alpha value is -4.19. The van der Waals surface area contributed by atoms with Gasteiger partial charge in [0.2, 0.25) is 12.0 Å². The normalized spacial score (nSPS) is 14.1. The highest BCUT2D eigenvalue weighted by Gasteiger charge is 2.56. The van der Waals surface area contributed by atoms with E-state index in [-0.39, 0.29) is 35.9 Å². The molecule has 3 aromatic rings. The number of rotatable bonds is 6. The molecule has 202 valence electrons. The second kappa shape index (κ2) is 11.5. The minimum absolute atomic E-state index is 0.00174. The molecule has 1 unspecified atom stereocenters. The van der Waals surface area contributed by atoms with Crippen molar-refractivity contribution in [3.8, 4) is 22.8 Å². The fourth-order valence-corrected chi connectivity index (χ4v) is 3.56. The van der Waals surface area contributed by atoms with Crippen LogP contribution in [-0.4, -0.2) is 48.8 Å². The second-order valence-electron chi connectivity index (χ2n) is 8.40. The van der Waals surface area contributed by atoms with Crippen LogP contribution in [0.25, 0.3) is 11.3 Å². The number of amides is 2. The van der Waals surface area contributed by atoms with Gasteiger partial charge in [-0.1, -0.05) is 6.07 Å². The Balaban J connectivity index is 0.000000275. The number of aryl methyl sites for hydroxylation is 2. The van der Waals surface area contributed by atoms with Gasteiger partial charge in [0.15, 0.2) is 6.61 Å². The number of halogens is 4. The Morgan fingerprint density at radius 3 is 2.53 bits per heavy atom. The number of aliphatic hydroxyl groups is 1. The van der Waals surface area contributed by atoms with Crippen LogP contribution in [0.5, 0.6) is 11.5 Å². The summed E-state index contributed by atoms with van der Waals surface area (Å²) < 4.78 is 64.0. The van der Waals surface area contributed by atoms with E-state index >= 15 is 0 Å². The van der Waals surface area contributed by atoms with Gasteiger partial charge < -0.3 is 25.2 Å². The van der Waals surface area contributed by atoms with Crippen molar-refractivity contribution >= 4 is 18.0 Å². The average molecular weight is 535 g/mol. The number of methoxy groups -OCH3 is 1. The minimum atomic E-state index is -5.10. The van der Waals surface area contributed by atoms with E-state index in [1.54, 1.807) is 0 Å². The molecule has 1 aliphatic rings. The van der Waals surface area contributed by atoms with Crippen LogP contribution in [-0.2, 0) is 15.2 Å². The number of benzene rings is 2. The maximum Gasteiger partial charge on any atom is 0.424 e. The molecule has 0 fully saturated rings. The van der Waals surface area contributed by atoms with Crippen LogP contribution in [0.1, 0.15) is 16.8 Å². The number of pyridine rings is 1. The number of anilines is 1. The first-order valence-corrected chi connectivity index (χ1v) is 11.2. The lowest BCUT2D eigenvalue weighted by molar-refractivity contribution is -0.265. The van der Waals surface area contributed by atoms with Gasteiger partial charge in [-0.25, -0.2) is 9.37 Å². The van der Waals surface area contributed by atoms with Crippen molar-refractivity contribution < 1.29 is 41.7 Å². The van der Waals surface area contributed by atoms with Gasteiger partial charge in [-0.2, -0.15) is 13.2 Å². The van der Waals surface area contributed by atoms with E-state index in [4.69, 9.17) is 9.47 Å². The highest BCUT2D eigenvalue weighted by Crippen LogP contribution is 2.40. The van der Waals surface area contributed by atoms with Gasteiger partial charge in [-0.3, -0.25) is 9.59 Å². The summed E-state index contributed by atoms with van der Waals surface area (Å²) >= 11 is 0. The molecule has 4 rings (SSSR count). The predicted molar refractivity (Wildman–Crippen MR) is 130 cm³/mol. The number of carbonyl (C=O) groups is 2. The van der Waals surface area contributed by atoms with Gasteiger partial charge >= 0.3 is 6.18 Å². The third-order valence-corrected chi connectivity index (χ3v) is 5.61. The number of ether oxygens (including phenoxy) is 2. The van der Waals surface area contributed by atoms with Crippen LogP contribution in [0.15, 0.2) is 48.5 Å². The van der Waals surface area contributed by atoms with Crippen molar-refractivity contribution in [1.29, 1.82) is 0 Å². The summed E-state index contributed by atoms with van der Waals surface area (Å²) in [6.45, 7) is 2.48. The Kier molecular flexibility index (Phi) is 8.56. The quantitative estimate of drug-likeness (QED) is 0.325. The monoisotopic (exact) mass is 535 g/mol. The van der Waals surface area contributed by atoms with Gasteiger partial charge in [0, 0.05) is 5.56 Å². The molecule has 0 saturated heterocycles. The number of hydrogen-bond donors (Lipinski definition) is 3. The molecule has 0 aliphatic carbocycles. The lowest BCUT2D eigenvalue weighted by Crippen LogP contribution is -2.50. The van der Waals surface area contributed by atoms with Crippen LogP contribution in [0.3, 0.4) is 0 Å². The standard InChI is InChI=1S/C17H16F4N2O3.C9H9NO2/c1-10-7-11(3-4-12(10)18)15-13(26-2)5-6-14(23-15)16(25,8-22-9-24)17(19,20)21;1-6-2-3-8-7(4-6)10-9(11)5-12-8/h3-7,9,25H,8H2,1-2H3,(H,22,24);2-4H,5H2,1H3,(H,10,11). The summed E-state index contributed by atoms with van der Waals surface area (Å²) in [7, 11) is 1.31. The van der Waals surface area contributed by atoms with E-state index in [1.807, 2.05) is 30.4 Å². The van der Waals surface area contributed by atoms with Crippen LogP contribution < -0.4 is 20.1 Å². The second-order valence-corrected chi connectivity index (χ2v) is 8.40. The Morgan fingerprint density at radius 1 is 1.16 bits per heavy atom. The van der Waals surface area contributed by atoms with Crippen molar-refractivity contribution in [1.82, 2.24) is 10.3 Å². The molecule has 2 heterocycles. The first-order chi connectivity index (χ1) is 17.9. The molecule has 2 aromatic carbocycles. The number of carbonyl (C=O) groups excluding carboxylic acids is 2. The van der Waals surface area contributed by atoms with Crippen molar-refractivity contribution in [2.75, 3.05) is 25.6 Å². The van der Waals surface area contributed by atoms with E-state index in [0.29, 0.717) is 5.56 Å². The highest BCUT2D eigenvalue weighted by molar-refractivity contribution is 5.95. The predicted octanol–water partition coefficient (Wildman–Crippen LogP) is 4.03. The first-order valence-electron chi connectivity index (χ1n) is 11.2. The van der Waals surface area contributed by atoms with Crippen LogP contribution in [0.2, 0.25) is 0 Å². The summed E-state index contributed by atoms with van der Waals surface area (Å²) in [4.78, 5) is 25.2. The zero-order valence-corrected chi connectivity index (χ0v) is 20.6. The molecule has 0 radical (unpaired) electrons. The van der Waals surface area contributed by atoms with Crippen LogP contribution in [0.4, 0.5) is 23.2 Å². The summed E-state index contributed by atoms with van der Waals surface area (Å²) in [5, 5.41) is 14.7. The number of nitrogens with one attached hydrogen (secondary N) is 2. The maximum atomic E-state index is 13.5. The molecular weight excluding hydrogens is 510 g/mol. The Labute approximate surface area is 215 Å². The zero-order valence-electron chi connectivity index (χ0n) is 20.6. The third-order valence-electron chi connectivity index (χ3n) is 5.61. The number of aromatic nitrogens is 1. The zero-order chi connectivity index (χ0) is 28.1. The maximum absolute atomic E-state index is 13.5. The smallest absolute Gasteiger partial charge is 0.424 e. The van der Waals surface area contributed by atoms with Crippen molar-refractivity contribution in [3.05, 3.63) is 71.2 Å². The van der Waals surface area contributed by atoms with Gasteiger partial charge in [-0.05, 0) is 67.4 Å². The van der Waals surface area contributed by atoms with Gasteiger partial charge in [0.25, 0.3) is 5.91 Å². The highest BCUT2D eigenvalue weighted by atomic mass is 19.4. The molecule has 38 heavy (non-hydrogen) atoms. The Morgan fingerprint density at radius 2 is 1.89 bits per heavy atom. The topological polar surface area (TPSA) is 110 Å². The molecule has 3 N–H and O–H groups in total. The molecule has 8 nitrogen and oxygen atoms in total. The van der Waals surface area contributed by atoms with Gasteiger partial charge in [0.1, 0.15) is 23.0 Å².